The maximum atomic E-state index is 12.4. The number of methoxy groups -OCH3 is 1. The number of hydrogen-bond acceptors (Lipinski definition) is 4. The van der Waals surface area contributed by atoms with Gasteiger partial charge < -0.3 is 10.1 Å². The van der Waals surface area contributed by atoms with E-state index in [9.17, 15) is 8.42 Å². The number of nitrogens with one attached hydrogen (secondary N) is 2. The molecule has 7 heteroatoms. The first-order chi connectivity index (χ1) is 12.5. The highest BCUT2D eigenvalue weighted by molar-refractivity contribution is 7.92. The fourth-order valence-corrected chi connectivity index (χ4v) is 3.55. The van der Waals surface area contributed by atoms with Crippen LogP contribution in [0.2, 0.25) is 5.02 Å². The van der Waals surface area contributed by atoms with Crippen molar-refractivity contribution in [1.29, 1.82) is 0 Å². The molecule has 0 radical (unpaired) electrons. The molecule has 3 aromatic rings. The molecule has 0 heterocycles. The quantitative estimate of drug-likeness (QED) is 0.630. The maximum absolute atomic E-state index is 12.4. The Morgan fingerprint density at radius 2 is 1.46 bits per heavy atom. The van der Waals surface area contributed by atoms with Crippen LogP contribution < -0.4 is 14.8 Å². The van der Waals surface area contributed by atoms with Crippen molar-refractivity contribution in [3.63, 3.8) is 0 Å². The van der Waals surface area contributed by atoms with Gasteiger partial charge in [0, 0.05) is 11.4 Å². The van der Waals surface area contributed by atoms with Gasteiger partial charge in [0.25, 0.3) is 10.0 Å². The molecular formula is C19H17ClN2O3S. The van der Waals surface area contributed by atoms with Crippen LogP contribution in [0.3, 0.4) is 0 Å². The molecule has 0 saturated carbocycles. The largest absolute Gasteiger partial charge is 0.497 e. The van der Waals surface area contributed by atoms with Crippen LogP contribution in [0.4, 0.5) is 17.1 Å². The van der Waals surface area contributed by atoms with Gasteiger partial charge in [0.2, 0.25) is 0 Å². The smallest absolute Gasteiger partial charge is 0.261 e. The van der Waals surface area contributed by atoms with Crippen LogP contribution in [-0.4, -0.2) is 15.5 Å². The molecule has 3 rings (SSSR count). The van der Waals surface area contributed by atoms with E-state index in [1.165, 1.54) is 19.2 Å². The summed E-state index contributed by atoms with van der Waals surface area (Å²) in [6, 6.07) is 20.5. The van der Waals surface area contributed by atoms with Crippen molar-refractivity contribution in [2.45, 2.75) is 4.90 Å². The molecule has 0 fully saturated rings. The van der Waals surface area contributed by atoms with Crippen molar-refractivity contribution in [1.82, 2.24) is 0 Å². The van der Waals surface area contributed by atoms with E-state index in [1.807, 2.05) is 18.2 Å². The average Bonchev–Trinajstić information content (AvgIpc) is 2.65. The number of para-hydroxylation sites is 1. The molecule has 0 aliphatic carbocycles. The fourth-order valence-electron chi connectivity index (χ4n) is 2.31. The summed E-state index contributed by atoms with van der Waals surface area (Å²) in [6.45, 7) is 0. The second-order valence-electron chi connectivity index (χ2n) is 5.46. The van der Waals surface area contributed by atoms with Crippen molar-refractivity contribution in [3.8, 4) is 5.75 Å². The molecule has 0 atom stereocenters. The van der Waals surface area contributed by atoms with Crippen LogP contribution in [0.5, 0.6) is 5.75 Å². The number of anilines is 3. The number of rotatable bonds is 6. The van der Waals surface area contributed by atoms with Crippen LogP contribution in [0.25, 0.3) is 0 Å². The molecule has 2 N–H and O–H groups in total. The third-order valence-corrected chi connectivity index (χ3v) is 5.39. The van der Waals surface area contributed by atoms with E-state index >= 15 is 0 Å². The highest BCUT2D eigenvalue weighted by atomic mass is 35.5. The molecule has 0 aromatic heterocycles. The van der Waals surface area contributed by atoms with E-state index in [2.05, 4.69) is 10.0 Å². The van der Waals surface area contributed by atoms with Crippen LogP contribution in [0.1, 0.15) is 0 Å². The van der Waals surface area contributed by atoms with Crippen LogP contribution >= 0.6 is 11.6 Å². The molecule has 26 heavy (non-hydrogen) atoms. The summed E-state index contributed by atoms with van der Waals surface area (Å²) in [4.78, 5) is 0.163. The van der Waals surface area contributed by atoms with Crippen LogP contribution in [0, 0.1) is 0 Å². The van der Waals surface area contributed by atoms with E-state index in [-0.39, 0.29) is 4.90 Å². The lowest BCUT2D eigenvalue weighted by Gasteiger charge is -2.11. The fraction of sp³-hybridized carbons (Fsp3) is 0.0526. The van der Waals surface area contributed by atoms with Gasteiger partial charge in [-0.25, -0.2) is 8.42 Å². The minimum absolute atomic E-state index is 0.163. The van der Waals surface area contributed by atoms with E-state index < -0.39 is 10.0 Å². The summed E-state index contributed by atoms with van der Waals surface area (Å²) < 4.78 is 32.5. The van der Waals surface area contributed by atoms with Gasteiger partial charge in [0.1, 0.15) is 5.75 Å². The Kier molecular flexibility index (Phi) is 5.35. The van der Waals surface area contributed by atoms with Gasteiger partial charge in [-0.1, -0.05) is 23.7 Å². The SMILES string of the molecule is COc1ccc(S(=O)(=O)Nc2ccc(Nc3ccccc3Cl)cc2)cc1. The van der Waals surface area contributed by atoms with Crippen molar-refractivity contribution in [2.24, 2.45) is 0 Å². The number of sulfonamides is 1. The predicted molar refractivity (Wildman–Crippen MR) is 105 cm³/mol. The Morgan fingerprint density at radius 1 is 0.846 bits per heavy atom. The molecule has 0 saturated heterocycles. The third kappa shape index (κ3) is 4.28. The standard InChI is InChI=1S/C19H17ClN2O3S/c1-25-16-10-12-17(13-11-16)26(23,24)22-15-8-6-14(7-9-15)21-19-5-3-2-4-18(19)20/h2-13,21-22H,1H3. The van der Waals surface area contributed by atoms with Gasteiger partial charge in [-0.3, -0.25) is 4.72 Å². The van der Waals surface area contributed by atoms with Gasteiger partial charge in [0.15, 0.2) is 0 Å². The Morgan fingerprint density at radius 3 is 2.08 bits per heavy atom. The summed E-state index contributed by atoms with van der Waals surface area (Å²) in [5.74, 6) is 0.596. The molecule has 5 nitrogen and oxygen atoms in total. The van der Waals surface area contributed by atoms with E-state index in [1.54, 1.807) is 42.5 Å². The van der Waals surface area contributed by atoms with Gasteiger partial charge in [-0.05, 0) is 60.7 Å². The molecule has 0 amide bonds. The van der Waals surface area contributed by atoms with Crippen molar-refractivity contribution >= 4 is 38.7 Å². The Labute approximate surface area is 157 Å². The minimum atomic E-state index is -3.66. The molecule has 0 bridgehead atoms. The van der Waals surface area contributed by atoms with Crippen molar-refractivity contribution in [2.75, 3.05) is 17.1 Å². The number of ether oxygens (including phenoxy) is 1. The lowest BCUT2D eigenvalue weighted by atomic mass is 10.2. The molecular weight excluding hydrogens is 372 g/mol. The number of benzene rings is 3. The van der Waals surface area contributed by atoms with E-state index in [0.29, 0.717) is 16.5 Å². The predicted octanol–water partition coefficient (Wildman–Crippen LogP) is 4.89. The zero-order valence-corrected chi connectivity index (χ0v) is 15.5. The lowest BCUT2D eigenvalue weighted by molar-refractivity contribution is 0.414. The molecule has 3 aromatic carbocycles. The van der Waals surface area contributed by atoms with Gasteiger partial charge in [0.05, 0.1) is 22.7 Å². The molecule has 0 aliphatic heterocycles. The Balaban J connectivity index is 1.73. The second kappa shape index (κ2) is 7.68. The number of hydrogen-bond donors (Lipinski definition) is 2. The zero-order valence-electron chi connectivity index (χ0n) is 13.9. The normalized spacial score (nSPS) is 11.0. The first kappa shape index (κ1) is 18.1. The first-order valence-electron chi connectivity index (χ1n) is 7.76. The summed E-state index contributed by atoms with van der Waals surface area (Å²) in [6.07, 6.45) is 0. The Bertz CT molecular complexity index is 988. The summed E-state index contributed by atoms with van der Waals surface area (Å²) >= 11 is 6.12. The van der Waals surface area contributed by atoms with Gasteiger partial charge in [-0.15, -0.1) is 0 Å². The van der Waals surface area contributed by atoms with Crippen molar-refractivity contribution in [3.05, 3.63) is 77.8 Å². The number of halogens is 1. The third-order valence-electron chi connectivity index (χ3n) is 3.66. The summed E-state index contributed by atoms with van der Waals surface area (Å²) in [5.41, 5.74) is 2.04. The van der Waals surface area contributed by atoms with Gasteiger partial charge >= 0.3 is 0 Å². The van der Waals surface area contributed by atoms with Crippen LogP contribution in [0.15, 0.2) is 77.7 Å². The lowest BCUT2D eigenvalue weighted by Crippen LogP contribution is -2.12. The summed E-state index contributed by atoms with van der Waals surface area (Å²) in [7, 11) is -2.14. The average molecular weight is 389 g/mol. The molecule has 134 valence electrons. The van der Waals surface area contributed by atoms with Crippen LogP contribution in [-0.2, 0) is 10.0 Å². The molecule has 0 spiro atoms. The zero-order chi connectivity index (χ0) is 18.6. The van der Waals surface area contributed by atoms with E-state index in [0.717, 1.165) is 11.4 Å². The maximum Gasteiger partial charge on any atom is 0.261 e. The monoisotopic (exact) mass is 388 g/mol. The summed E-state index contributed by atoms with van der Waals surface area (Å²) in [5, 5.41) is 3.79. The second-order valence-corrected chi connectivity index (χ2v) is 7.55. The molecule has 0 unspecified atom stereocenters. The first-order valence-corrected chi connectivity index (χ1v) is 9.62. The molecule has 0 aliphatic rings. The highest BCUT2D eigenvalue weighted by Crippen LogP contribution is 2.26. The minimum Gasteiger partial charge on any atom is -0.497 e. The highest BCUT2D eigenvalue weighted by Gasteiger charge is 2.14. The van der Waals surface area contributed by atoms with E-state index in [4.69, 9.17) is 16.3 Å². The Hall–Kier alpha value is -2.70. The topological polar surface area (TPSA) is 67.4 Å². The van der Waals surface area contributed by atoms with Crippen molar-refractivity contribution < 1.29 is 13.2 Å². The van der Waals surface area contributed by atoms with Gasteiger partial charge in [-0.2, -0.15) is 0 Å².